The summed E-state index contributed by atoms with van der Waals surface area (Å²) in [6.07, 6.45) is 0.605. The number of nitrogens with zero attached hydrogens (tertiary/aromatic N) is 2. The minimum atomic E-state index is -0.978. The first-order valence-corrected chi connectivity index (χ1v) is 7.99. The summed E-state index contributed by atoms with van der Waals surface area (Å²) in [5.41, 5.74) is 13.2. The van der Waals surface area contributed by atoms with Gasteiger partial charge in [-0.25, -0.2) is 9.37 Å². The Kier molecular flexibility index (Phi) is 6.24. The fourth-order valence-corrected chi connectivity index (χ4v) is 2.33. The van der Waals surface area contributed by atoms with E-state index >= 15 is 0 Å². The van der Waals surface area contributed by atoms with Crippen LogP contribution in [0.4, 0.5) is 21.8 Å². The number of aryl methyl sites for hydroxylation is 1. The van der Waals surface area contributed by atoms with Crippen LogP contribution in [0.1, 0.15) is 29.3 Å². The molecule has 2 aromatic rings. The predicted octanol–water partition coefficient (Wildman–Crippen LogP) is 2.11. The van der Waals surface area contributed by atoms with Crippen molar-refractivity contribution in [1.82, 2.24) is 9.97 Å². The molecule has 0 spiro atoms. The van der Waals surface area contributed by atoms with E-state index in [1.54, 1.807) is 0 Å². The topological polar surface area (TPSA) is 119 Å². The van der Waals surface area contributed by atoms with Crippen molar-refractivity contribution < 1.29 is 9.18 Å². The number of anilines is 3. The second-order valence-corrected chi connectivity index (χ2v) is 5.97. The molecule has 1 aromatic carbocycles. The summed E-state index contributed by atoms with van der Waals surface area (Å²) in [6, 6.07) is 7.25. The second kappa shape index (κ2) is 8.39. The van der Waals surface area contributed by atoms with E-state index in [1.807, 2.05) is 31.2 Å². The lowest BCUT2D eigenvalue weighted by Gasteiger charge is -2.15. The lowest BCUT2D eigenvalue weighted by atomic mass is 10.1. The second-order valence-electron chi connectivity index (χ2n) is 5.97. The number of aromatic nitrogens is 2. The molecule has 6 N–H and O–H groups in total. The molecule has 0 saturated carbocycles. The van der Waals surface area contributed by atoms with E-state index in [-0.39, 0.29) is 24.0 Å². The van der Waals surface area contributed by atoms with Gasteiger partial charge in [0.1, 0.15) is 11.4 Å². The van der Waals surface area contributed by atoms with E-state index in [2.05, 4.69) is 20.6 Å². The largest absolute Gasteiger partial charge is 0.365 e. The number of nitrogens with two attached hydrogens (primary N) is 2. The number of hydrogen-bond donors (Lipinski definition) is 4. The van der Waals surface area contributed by atoms with Crippen molar-refractivity contribution in [1.29, 1.82) is 0 Å². The van der Waals surface area contributed by atoms with E-state index in [0.717, 1.165) is 11.3 Å². The van der Waals surface area contributed by atoms with Gasteiger partial charge >= 0.3 is 0 Å². The van der Waals surface area contributed by atoms with Gasteiger partial charge in [0.15, 0.2) is 0 Å². The Labute approximate surface area is 146 Å². The van der Waals surface area contributed by atoms with Crippen LogP contribution in [0.15, 0.2) is 30.5 Å². The smallest absolute Gasteiger partial charge is 0.254 e. The fourth-order valence-electron chi connectivity index (χ4n) is 2.33. The maximum atomic E-state index is 13.0. The number of carbonyl (C=O) groups excluding carboxylic acids is 1. The van der Waals surface area contributed by atoms with Crippen LogP contribution in [0.5, 0.6) is 0 Å². The molecule has 7 nitrogen and oxygen atoms in total. The average Bonchev–Trinajstić information content (AvgIpc) is 2.52. The molecule has 2 rings (SSSR count). The van der Waals surface area contributed by atoms with E-state index in [9.17, 15) is 9.18 Å². The molecule has 1 amide bonds. The van der Waals surface area contributed by atoms with Crippen LogP contribution in [0.25, 0.3) is 0 Å². The molecule has 1 unspecified atom stereocenters. The average molecular weight is 346 g/mol. The SMILES string of the molecule is Cc1cccc(Nc2nc(NC[C@@H](N)CC(C)F)ncc2C(N)=O)c1. The number of carbonyl (C=O) groups is 1. The van der Waals surface area contributed by atoms with Crippen LogP contribution in [0.3, 0.4) is 0 Å². The molecule has 0 aliphatic heterocycles. The number of hydrogen-bond acceptors (Lipinski definition) is 6. The van der Waals surface area contributed by atoms with Crippen LogP contribution in [-0.2, 0) is 0 Å². The van der Waals surface area contributed by atoms with Gasteiger partial charge in [0.2, 0.25) is 5.95 Å². The predicted molar refractivity (Wildman–Crippen MR) is 96.7 cm³/mol. The maximum Gasteiger partial charge on any atom is 0.254 e. The molecule has 25 heavy (non-hydrogen) atoms. The third-order valence-corrected chi connectivity index (χ3v) is 3.48. The zero-order valence-corrected chi connectivity index (χ0v) is 14.3. The summed E-state index contributed by atoms with van der Waals surface area (Å²) in [5.74, 6) is -0.0604. The molecule has 0 radical (unpaired) electrons. The Bertz CT molecular complexity index is 737. The van der Waals surface area contributed by atoms with Gasteiger partial charge in [0.05, 0.1) is 6.17 Å². The standard InChI is InChI=1S/C17H23FN6O/c1-10-4-3-5-13(6-10)23-16-14(15(20)25)9-22-17(24-16)21-8-12(19)7-11(2)18/h3-6,9,11-12H,7-8,19H2,1-2H3,(H2,20,25)(H2,21,22,23,24)/t11?,12-/m0/s1. The quantitative estimate of drug-likeness (QED) is 0.581. The number of primary amides is 1. The Morgan fingerprint density at radius 2 is 2.16 bits per heavy atom. The van der Waals surface area contributed by atoms with Gasteiger partial charge in [0, 0.05) is 24.5 Å². The molecular weight excluding hydrogens is 323 g/mol. The Morgan fingerprint density at radius 3 is 2.80 bits per heavy atom. The van der Waals surface area contributed by atoms with Gasteiger partial charge in [-0.2, -0.15) is 4.98 Å². The van der Waals surface area contributed by atoms with E-state index in [1.165, 1.54) is 13.1 Å². The summed E-state index contributed by atoms with van der Waals surface area (Å²) in [6.45, 7) is 3.73. The third-order valence-electron chi connectivity index (χ3n) is 3.48. The minimum absolute atomic E-state index is 0.175. The van der Waals surface area contributed by atoms with E-state index in [4.69, 9.17) is 11.5 Å². The van der Waals surface area contributed by atoms with E-state index in [0.29, 0.717) is 12.4 Å². The van der Waals surface area contributed by atoms with Gasteiger partial charge in [-0.05, 0) is 38.0 Å². The van der Waals surface area contributed by atoms with Crippen molar-refractivity contribution >= 4 is 23.4 Å². The summed E-state index contributed by atoms with van der Waals surface area (Å²) in [4.78, 5) is 19.9. The Morgan fingerprint density at radius 1 is 1.40 bits per heavy atom. The zero-order valence-electron chi connectivity index (χ0n) is 14.3. The molecule has 0 aliphatic carbocycles. The first-order chi connectivity index (χ1) is 11.8. The molecule has 1 aromatic heterocycles. The van der Waals surface area contributed by atoms with E-state index < -0.39 is 12.1 Å². The van der Waals surface area contributed by atoms with Gasteiger partial charge in [-0.15, -0.1) is 0 Å². The monoisotopic (exact) mass is 346 g/mol. The molecule has 0 fully saturated rings. The lowest BCUT2D eigenvalue weighted by molar-refractivity contribution is 0.100. The molecule has 0 saturated heterocycles. The van der Waals surface area contributed by atoms with Gasteiger partial charge in [0.25, 0.3) is 5.91 Å². The summed E-state index contributed by atoms with van der Waals surface area (Å²) in [5, 5.41) is 6.02. The van der Waals surface area contributed by atoms with Crippen molar-refractivity contribution in [2.24, 2.45) is 11.5 Å². The number of amides is 1. The first-order valence-electron chi connectivity index (χ1n) is 7.99. The first kappa shape index (κ1) is 18.6. The maximum absolute atomic E-state index is 13.0. The zero-order chi connectivity index (χ0) is 18.4. The summed E-state index contributed by atoms with van der Waals surface area (Å²) >= 11 is 0. The molecule has 0 bridgehead atoms. The highest BCUT2D eigenvalue weighted by Gasteiger charge is 2.14. The van der Waals surface area contributed by atoms with Crippen molar-refractivity contribution in [3.63, 3.8) is 0 Å². The number of rotatable bonds is 8. The van der Waals surface area contributed by atoms with Gasteiger partial charge in [-0.3, -0.25) is 4.79 Å². The number of nitrogens with one attached hydrogen (secondary N) is 2. The normalized spacial score (nSPS) is 13.1. The lowest BCUT2D eigenvalue weighted by Crippen LogP contribution is -2.31. The molecule has 1 heterocycles. The van der Waals surface area contributed by atoms with Crippen molar-refractivity contribution in [2.45, 2.75) is 32.5 Å². The van der Waals surface area contributed by atoms with Crippen LogP contribution in [0, 0.1) is 6.92 Å². The Balaban J connectivity index is 2.17. The van der Waals surface area contributed by atoms with Crippen molar-refractivity contribution in [3.8, 4) is 0 Å². The van der Waals surface area contributed by atoms with Crippen LogP contribution in [-0.4, -0.2) is 34.6 Å². The fraction of sp³-hybridized carbons (Fsp3) is 0.353. The molecule has 8 heteroatoms. The van der Waals surface area contributed by atoms with Crippen molar-refractivity contribution in [2.75, 3.05) is 17.2 Å². The highest BCUT2D eigenvalue weighted by molar-refractivity contribution is 5.98. The highest BCUT2D eigenvalue weighted by Crippen LogP contribution is 2.20. The number of alkyl halides is 1. The summed E-state index contributed by atoms with van der Waals surface area (Å²) in [7, 11) is 0. The summed E-state index contributed by atoms with van der Waals surface area (Å²) < 4.78 is 13.0. The third kappa shape index (κ3) is 5.68. The molecule has 0 aliphatic rings. The van der Waals surface area contributed by atoms with Gasteiger partial charge in [-0.1, -0.05) is 12.1 Å². The van der Waals surface area contributed by atoms with Crippen LogP contribution >= 0.6 is 0 Å². The molecule has 134 valence electrons. The van der Waals surface area contributed by atoms with Crippen molar-refractivity contribution in [3.05, 3.63) is 41.6 Å². The minimum Gasteiger partial charge on any atom is -0.365 e. The van der Waals surface area contributed by atoms with Crippen LogP contribution < -0.4 is 22.1 Å². The molecular formula is C17H23FN6O. The van der Waals surface area contributed by atoms with Crippen LogP contribution in [0.2, 0.25) is 0 Å². The number of benzene rings is 1. The Hall–Kier alpha value is -2.74. The molecule has 2 atom stereocenters. The highest BCUT2D eigenvalue weighted by atomic mass is 19.1. The number of halogens is 1. The van der Waals surface area contributed by atoms with Gasteiger partial charge < -0.3 is 22.1 Å².